The first-order valence-corrected chi connectivity index (χ1v) is 6.80. The number of carbonyl (C=O) groups excluding carboxylic acids is 1. The summed E-state index contributed by atoms with van der Waals surface area (Å²) in [5.41, 5.74) is 0.224. The van der Waals surface area contributed by atoms with Crippen molar-refractivity contribution < 1.29 is 31.8 Å². The van der Waals surface area contributed by atoms with Gasteiger partial charge < -0.3 is 14.8 Å². The van der Waals surface area contributed by atoms with Crippen LogP contribution in [0.3, 0.4) is 0 Å². The Morgan fingerprint density at radius 3 is 2.54 bits per heavy atom. The molecule has 0 bridgehead atoms. The van der Waals surface area contributed by atoms with Crippen LogP contribution in [0.5, 0.6) is 11.5 Å². The van der Waals surface area contributed by atoms with Gasteiger partial charge in [-0.25, -0.2) is 4.39 Å². The van der Waals surface area contributed by atoms with Gasteiger partial charge in [-0.2, -0.15) is 13.2 Å². The Morgan fingerprint density at radius 1 is 1.08 bits per heavy atom. The molecule has 0 saturated heterocycles. The lowest BCUT2D eigenvalue weighted by Gasteiger charge is -2.12. The molecule has 8 heteroatoms. The Morgan fingerprint density at radius 2 is 1.83 bits per heavy atom. The van der Waals surface area contributed by atoms with Crippen LogP contribution in [0.2, 0.25) is 0 Å². The highest BCUT2D eigenvalue weighted by atomic mass is 19.4. The van der Waals surface area contributed by atoms with E-state index in [1.54, 1.807) is 12.1 Å². The largest absolute Gasteiger partial charge is 0.455 e. The van der Waals surface area contributed by atoms with Gasteiger partial charge in [0.2, 0.25) is 5.91 Å². The van der Waals surface area contributed by atoms with Crippen molar-refractivity contribution in [1.82, 2.24) is 0 Å². The lowest BCUT2D eigenvalue weighted by atomic mass is 10.3. The number of para-hydroxylation sites is 2. The Labute approximate surface area is 135 Å². The lowest BCUT2D eigenvalue weighted by Crippen LogP contribution is -2.24. The van der Waals surface area contributed by atoms with E-state index in [-0.39, 0.29) is 17.2 Å². The lowest BCUT2D eigenvalue weighted by molar-refractivity contribution is -0.174. The second kappa shape index (κ2) is 7.78. The van der Waals surface area contributed by atoms with Crippen LogP contribution >= 0.6 is 0 Å². The number of hydrogen-bond donors (Lipinski definition) is 1. The number of amides is 1. The third kappa shape index (κ3) is 5.88. The maximum Gasteiger partial charge on any atom is 0.411 e. The zero-order valence-electron chi connectivity index (χ0n) is 12.3. The van der Waals surface area contributed by atoms with E-state index >= 15 is 0 Å². The van der Waals surface area contributed by atoms with Crippen molar-refractivity contribution in [2.45, 2.75) is 6.18 Å². The molecule has 4 nitrogen and oxygen atoms in total. The highest BCUT2D eigenvalue weighted by Gasteiger charge is 2.27. The number of hydrogen-bond acceptors (Lipinski definition) is 3. The van der Waals surface area contributed by atoms with E-state index in [9.17, 15) is 22.4 Å². The molecule has 0 radical (unpaired) electrons. The van der Waals surface area contributed by atoms with Crippen molar-refractivity contribution in [3.63, 3.8) is 0 Å². The zero-order valence-corrected chi connectivity index (χ0v) is 12.3. The Kier molecular flexibility index (Phi) is 5.75. The number of rotatable bonds is 6. The van der Waals surface area contributed by atoms with Gasteiger partial charge in [0, 0.05) is 6.07 Å². The molecule has 128 valence electrons. The summed E-state index contributed by atoms with van der Waals surface area (Å²) in [6, 6.07) is 11.6. The molecule has 0 aliphatic rings. The first kappa shape index (κ1) is 17.7. The quantitative estimate of drug-likeness (QED) is 0.802. The minimum absolute atomic E-state index is 0.213. The number of alkyl halides is 3. The molecule has 0 aliphatic heterocycles. The van der Waals surface area contributed by atoms with Gasteiger partial charge >= 0.3 is 6.18 Å². The van der Waals surface area contributed by atoms with Gasteiger partial charge in [0.1, 0.15) is 24.8 Å². The van der Waals surface area contributed by atoms with E-state index in [1.165, 1.54) is 30.3 Å². The zero-order chi connectivity index (χ0) is 17.6. The van der Waals surface area contributed by atoms with Crippen LogP contribution in [0.25, 0.3) is 0 Å². The Bertz CT molecular complexity index is 704. The number of benzene rings is 2. The molecule has 0 heterocycles. The van der Waals surface area contributed by atoms with E-state index in [0.29, 0.717) is 0 Å². The summed E-state index contributed by atoms with van der Waals surface area (Å²) in [5, 5.41) is 2.38. The Hall–Kier alpha value is -2.61. The summed E-state index contributed by atoms with van der Waals surface area (Å²) in [6.07, 6.45) is -4.50. The summed E-state index contributed by atoms with van der Waals surface area (Å²) < 4.78 is 58.8. The van der Waals surface area contributed by atoms with E-state index in [4.69, 9.17) is 4.74 Å². The molecule has 2 rings (SSSR count). The first-order valence-electron chi connectivity index (χ1n) is 6.80. The molecule has 0 spiro atoms. The molecule has 2 aromatic rings. The van der Waals surface area contributed by atoms with Crippen LogP contribution in [0.1, 0.15) is 0 Å². The van der Waals surface area contributed by atoms with Gasteiger partial charge in [-0.05, 0) is 24.3 Å². The van der Waals surface area contributed by atoms with Crippen LogP contribution in [0.4, 0.5) is 23.2 Å². The molecule has 1 N–H and O–H groups in total. The molecular weight excluding hydrogens is 330 g/mol. The fraction of sp³-hybridized carbons (Fsp3) is 0.188. The van der Waals surface area contributed by atoms with Gasteiger partial charge in [0.05, 0.1) is 5.69 Å². The summed E-state index contributed by atoms with van der Waals surface area (Å²) in [7, 11) is 0. The smallest absolute Gasteiger partial charge is 0.411 e. The highest BCUT2D eigenvalue weighted by Crippen LogP contribution is 2.29. The van der Waals surface area contributed by atoms with Crippen molar-refractivity contribution >= 4 is 11.6 Å². The predicted molar refractivity (Wildman–Crippen MR) is 78.4 cm³/mol. The van der Waals surface area contributed by atoms with Crippen LogP contribution < -0.4 is 10.1 Å². The van der Waals surface area contributed by atoms with Crippen molar-refractivity contribution in [3.8, 4) is 11.5 Å². The summed E-state index contributed by atoms with van der Waals surface area (Å²) in [4.78, 5) is 11.6. The Balaban J connectivity index is 1.99. The van der Waals surface area contributed by atoms with Crippen LogP contribution in [0.15, 0.2) is 48.5 Å². The number of carbonyl (C=O) groups is 1. The number of nitrogens with one attached hydrogen (secondary N) is 1. The van der Waals surface area contributed by atoms with Crippen LogP contribution in [-0.4, -0.2) is 25.3 Å². The third-order valence-electron chi connectivity index (χ3n) is 2.68. The van der Waals surface area contributed by atoms with Crippen molar-refractivity contribution in [2.75, 3.05) is 18.5 Å². The first-order chi connectivity index (χ1) is 11.3. The molecule has 0 fully saturated rings. The van der Waals surface area contributed by atoms with Gasteiger partial charge in [-0.1, -0.05) is 18.2 Å². The van der Waals surface area contributed by atoms with Crippen LogP contribution in [0, 0.1) is 5.82 Å². The van der Waals surface area contributed by atoms with E-state index in [2.05, 4.69) is 10.1 Å². The summed E-state index contributed by atoms with van der Waals surface area (Å²) >= 11 is 0. The molecule has 0 aromatic heterocycles. The summed E-state index contributed by atoms with van der Waals surface area (Å²) in [6.45, 7) is -2.27. The molecule has 24 heavy (non-hydrogen) atoms. The summed E-state index contributed by atoms with van der Waals surface area (Å²) in [5.74, 6) is -0.832. The molecule has 2 aromatic carbocycles. The molecule has 0 atom stereocenters. The number of ether oxygens (including phenoxy) is 2. The van der Waals surface area contributed by atoms with Gasteiger partial charge in [0.25, 0.3) is 0 Å². The minimum Gasteiger partial charge on any atom is -0.455 e. The maximum atomic E-state index is 13.2. The van der Waals surface area contributed by atoms with Gasteiger partial charge in [0.15, 0.2) is 5.75 Å². The number of anilines is 1. The normalized spacial score (nSPS) is 11.2. The number of halogens is 4. The highest BCUT2D eigenvalue weighted by molar-refractivity contribution is 5.93. The standard InChI is InChI=1S/C16H13F4NO3/c17-11-4-3-5-12(8-11)24-14-7-2-1-6-13(14)21-15(22)9-23-10-16(18,19)20/h1-8H,9-10H2,(H,21,22). The predicted octanol–water partition coefficient (Wildman–Crippen LogP) is 4.14. The van der Waals surface area contributed by atoms with Crippen molar-refractivity contribution in [1.29, 1.82) is 0 Å². The second-order valence-electron chi connectivity index (χ2n) is 4.71. The maximum absolute atomic E-state index is 13.2. The van der Waals surface area contributed by atoms with Crippen LogP contribution in [-0.2, 0) is 9.53 Å². The van der Waals surface area contributed by atoms with E-state index in [1.807, 2.05) is 0 Å². The third-order valence-corrected chi connectivity index (χ3v) is 2.68. The fourth-order valence-electron chi connectivity index (χ4n) is 1.76. The van der Waals surface area contributed by atoms with Gasteiger partial charge in [-0.15, -0.1) is 0 Å². The molecular formula is C16H13F4NO3. The average Bonchev–Trinajstić information content (AvgIpc) is 2.48. The van der Waals surface area contributed by atoms with Crippen molar-refractivity contribution in [2.24, 2.45) is 0 Å². The minimum atomic E-state index is -4.50. The van der Waals surface area contributed by atoms with Gasteiger partial charge in [-0.3, -0.25) is 4.79 Å². The van der Waals surface area contributed by atoms with Crippen molar-refractivity contribution in [3.05, 3.63) is 54.3 Å². The molecule has 0 saturated carbocycles. The van der Waals surface area contributed by atoms with E-state index < -0.39 is 31.1 Å². The van der Waals surface area contributed by atoms with E-state index in [0.717, 1.165) is 6.07 Å². The average molecular weight is 343 g/mol. The monoisotopic (exact) mass is 343 g/mol. The SMILES string of the molecule is O=C(COCC(F)(F)F)Nc1ccccc1Oc1cccc(F)c1. The topological polar surface area (TPSA) is 47.6 Å². The second-order valence-corrected chi connectivity index (χ2v) is 4.71. The fourth-order valence-corrected chi connectivity index (χ4v) is 1.76. The molecule has 0 aliphatic carbocycles. The molecule has 0 unspecified atom stereocenters. The molecule has 1 amide bonds.